The molecule has 4 atom stereocenters. The van der Waals surface area contributed by atoms with Gasteiger partial charge in [-0.15, -0.1) is 0 Å². The van der Waals surface area contributed by atoms with Gasteiger partial charge in [0.05, 0.1) is 6.61 Å². The highest BCUT2D eigenvalue weighted by Crippen LogP contribution is 2.05. The van der Waals surface area contributed by atoms with Crippen LogP contribution in [0.1, 0.15) is 0 Å². The molecular formula is C7H16MgO8. The van der Waals surface area contributed by atoms with Crippen LogP contribution in [0.4, 0.5) is 4.79 Å². The van der Waals surface area contributed by atoms with E-state index in [1.165, 1.54) is 0 Å². The average Bonchev–Trinajstić information content (AvgIpc) is 2.22. The molecule has 0 heterocycles. The molecule has 0 spiro atoms. The number of hydrogen-bond acceptors (Lipinski definition) is 7. The third-order valence-corrected chi connectivity index (χ3v) is 1.70. The van der Waals surface area contributed by atoms with E-state index in [4.69, 9.17) is 30.6 Å². The zero-order valence-electron chi connectivity index (χ0n) is 7.72. The molecule has 0 radical (unpaired) electrons. The molecule has 16 heavy (non-hydrogen) atoms. The van der Waals surface area contributed by atoms with Gasteiger partial charge in [-0.25, -0.2) is 4.79 Å². The molecule has 0 aromatic rings. The first-order valence-electron chi connectivity index (χ1n) is 4.09. The van der Waals surface area contributed by atoms with Gasteiger partial charge in [0, 0.05) is 0 Å². The van der Waals surface area contributed by atoms with Crippen molar-refractivity contribution in [2.75, 3.05) is 13.2 Å². The van der Waals surface area contributed by atoms with Gasteiger partial charge in [-0.1, -0.05) is 0 Å². The predicted molar refractivity (Wildman–Crippen MR) is 53.6 cm³/mol. The fourth-order valence-electron chi connectivity index (χ4n) is 0.818. The Bertz CT molecular complexity index is 201. The van der Waals surface area contributed by atoms with Crippen LogP contribution < -0.4 is 0 Å². The molecule has 0 aromatic carbocycles. The number of ether oxygens (including phenoxy) is 1. The Morgan fingerprint density at radius 2 is 1.50 bits per heavy atom. The molecule has 6 N–H and O–H groups in total. The second-order valence-corrected chi connectivity index (χ2v) is 2.88. The van der Waals surface area contributed by atoms with E-state index < -0.39 is 43.8 Å². The fraction of sp³-hybridized carbons (Fsp3) is 0.857. The summed E-state index contributed by atoms with van der Waals surface area (Å²) in [6.07, 6.45) is -8.55. The number of carboxylic acid groups (broad SMARTS) is 1. The standard InChI is InChI=1S/C7H14O8.Mg.2H/c8-1-3(9)5(11)6(12)4(10)2-15-7(13)14;;;/h3-6,8-12H,1-2H2,(H,13,14);;;/t3-,4-,5-,6-;;;/m1.../s1. The molecule has 0 aromatic heterocycles. The number of aliphatic hydroxyl groups is 5. The molecule has 0 bridgehead atoms. The van der Waals surface area contributed by atoms with Gasteiger partial charge < -0.3 is 35.4 Å². The van der Waals surface area contributed by atoms with Crippen LogP contribution in [0.25, 0.3) is 0 Å². The maximum Gasteiger partial charge on any atom is 0.505 e. The lowest BCUT2D eigenvalue weighted by atomic mass is 10.0. The van der Waals surface area contributed by atoms with E-state index in [-0.39, 0.29) is 23.1 Å². The van der Waals surface area contributed by atoms with Gasteiger partial charge in [0.15, 0.2) is 0 Å². The normalized spacial score (nSPS) is 17.8. The van der Waals surface area contributed by atoms with Crippen molar-refractivity contribution in [1.82, 2.24) is 0 Å². The van der Waals surface area contributed by atoms with Crippen LogP contribution in [0.15, 0.2) is 0 Å². The summed E-state index contributed by atoms with van der Waals surface area (Å²) < 4.78 is 3.94. The maximum absolute atomic E-state index is 9.92. The molecule has 0 aliphatic heterocycles. The van der Waals surface area contributed by atoms with Crippen molar-refractivity contribution in [2.45, 2.75) is 24.4 Å². The van der Waals surface area contributed by atoms with Crippen LogP contribution in [0.5, 0.6) is 0 Å². The maximum atomic E-state index is 9.92. The van der Waals surface area contributed by atoms with E-state index in [1.807, 2.05) is 0 Å². The van der Waals surface area contributed by atoms with Gasteiger partial charge in [0.2, 0.25) is 0 Å². The van der Waals surface area contributed by atoms with Crippen LogP contribution in [0.2, 0.25) is 0 Å². The minimum Gasteiger partial charge on any atom is -0.450 e. The quantitative estimate of drug-likeness (QED) is 0.208. The van der Waals surface area contributed by atoms with Crippen molar-refractivity contribution >= 4 is 29.2 Å². The van der Waals surface area contributed by atoms with E-state index in [9.17, 15) is 4.79 Å². The SMILES string of the molecule is O=C(O)OC[C@@H](O)[C@@H](O)[C@H](O)[C@H](O)CO.[MgH2]. The lowest BCUT2D eigenvalue weighted by Gasteiger charge is -2.24. The Morgan fingerprint density at radius 1 is 1.06 bits per heavy atom. The van der Waals surface area contributed by atoms with E-state index in [0.717, 1.165) is 0 Å². The van der Waals surface area contributed by atoms with Gasteiger partial charge in [0.1, 0.15) is 31.0 Å². The highest BCUT2D eigenvalue weighted by atomic mass is 24.3. The zero-order valence-corrected chi connectivity index (χ0v) is 7.72. The summed E-state index contributed by atoms with van der Waals surface area (Å²) in [5, 5.41) is 52.7. The first-order valence-corrected chi connectivity index (χ1v) is 4.09. The molecule has 8 nitrogen and oxygen atoms in total. The molecule has 0 saturated heterocycles. The van der Waals surface area contributed by atoms with E-state index >= 15 is 0 Å². The minimum absolute atomic E-state index is 0. The topological polar surface area (TPSA) is 148 Å². The predicted octanol–water partition coefficient (Wildman–Crippen LogP) is -3.80. The summed E-state index contributed by atoms with van der Waals surface area (Å²) in [4.78, 5) is 9.92. The summed E-state index contributed by atoms with van der Waals surface area (Å²) in [5.41, 5.74) is 0. The van der Waals surface area contributed by atoms with Gasteiger partial charge in [-0.05, 0) is 0 Å². The molecular weight excluding hydrogens is 236 g/mol. The number of carbonyl (C=O) groups is 1. The minimum atomic E-state index is -1.81. The molecule has 0 saturated carbocycles. The summed E-state index contributed by atoms with van der Waals surface area (Å²) >= 11 is 0. The molecule has 0 unspecified atom stereocenters. The van der Waals surface area contributed by atoms with E-state index in [0.29, 0.717) is 0 Å². The van der Waals surface area contributed by atoms with Crippen molar-refractivity contribution in [2.24, 2.45) is 0 Å². The monoisotopic (exact) mass is 252 g/mol. The molecule has 0 aliphatic carbocycles. The second kappa shape index (κ2) is 8.93. The molecule has 0 aliphatic rings. The lowest BCUT2D eigenvalue weighted by molar-refractivity contribution is -0.125. The van der Waals surface area contributed by atoms with Gasteiger partial charge in [-0.2, -0.15) is 0 Å². The average molecular weight is 253 g/mol. The Hall–Kier alpha value is -0.164. The third-order valence-electron chi connectivity index (χ3n) is 1.70. The third kappa shape index (κ3) is 6.43. The van der Waals surface area contributed by atoms with Crippen molar-refractivity contribution in [1.29, 1.82) is 0 Å². The first-order chi connectivity index (χ1) is 6.90. The smallest absolute Gasteiger partial charge is 0.450 e. The van der Waals surface area contributed by atoms with Crippen LogP contribution in [-0.2, 0) is 4.74 Å². The van der Waals surface area contributed by atoms with Crippen LogP contribution >= 0.6 is 0 Å². The largest absolute Gasteiger partial charge is 0.505 e. The van der Waals surface area contributed by atoms with E-state index in [2.05, 4.69) is 4.74 Å². The van der Waals surface area contributed by atoms with Crippen molar-refractivity contribution < 1.29 is 40.2 Å². The van der Waals surface area contributed by atoms with Crippen molar-refractivity contribution in [3.05, 3.63) is 0 Å². The summed E-state index contributed by atoms with van der Waals surface area (Å²) in [5.74, 6) is 0. The molecule has 0 fully saturated rings. The van der Waals surface area contributed by atoms with Crippen molar-refractivity contribution in [3.63, 3.8) is 0 Å². The number of hydrogen-bond donors (Lipinski definition) is 6. The molecule has 0 amide bonds. The highest BCUT2D eigenvalue weighted by molar-refractivity contribution is 5.75. The first kappa shape index (κ1) is 18.2. The van der Waals surface area contributed by atoms with Gasteiger partial charge >= 0.3 is 29.2 Å². The fourth-order valence-corrected chi connectivity index (χ4v) is 0.818. The van der Waals surface area contributed by atoms with Gasteiger partial charge in [0.25, 0.3) is 0 Å². The highest BCUT2D eigenvalue weighted by Gasteiger charge is 2.30. The van der Waals surface area contributed by atoms with E-state index in [1.54, 1.807) is 0 Å². The van der Waals surface area contributed by atoms with Crippen LogP contribution in [0.3, 0.4) is 0 Å². The number of aliphatic hydroxyl groups excluding tert-OH is 5. The summed E-state index contributed by atoms with van der Waals surface area (Å²) in [6.45, 7) is -1.55. The Balaban J connectivity index is 0. The van der Waals surface area contributed by atoms with Gasteiger partial charge in [-0.3, -0.25) is 0 Å². The summed E-state index contributed by atoms with van der Waals surface area (Å²) in [7, 11) is 0. The van der Waals surface area contributed by atoms with Crippen LogP contribution in [0, 0.1) is 0 Å². The molecule has 9 heteroatoms. The summed E-state index contributed by atoms with van der Waals surface area (Å²) in [6, 6.07) is 0. The number of rotatable bonds is 6. The molecule has 0 rings (SSSR count). The van der Waals surface area contributed by atoms with Crippen molar-refractivity contribution in [3.8, 4) is 0 Å². The zero-order chi connectivity index (χ0) is 12.0. The lowest BCUT2D eigenvalue weighted by Crippen LogP contribution is -2.47. The molecule has 94 valence electrons. The Kier molecular flexibility index (Phi) is 10.2. The van der Waals surface area contributed by atoms with Crippen LogP contribution in [-0.4, -0.2) is 97.5 Å². The Labute approximate surface area is 107 Å². The Morgan fingerprint density at radius 3 is 1.88 bits per heavy atom. The second-order valence-electron chi connectivity index (χ2n) is 2.88.